The van der Waals surface area contributed by atoms with Gasteiger partial charge in [-0.1, -0.05) is 23.4 Å². The van der Waals surface area contributed by atoms with E-state index in [9.17, 15) is 0 Å². The summed E-state index contributed by atoms with van der Waals surface area (Å²) in [5.74, 6) is 0.984. The van der Waals surface area contributed by atoms with E-state index >= 15 is 0 Å². The zero-order chi connectivity index (χ0) is 17.9. The minimum absolute atomic E-state index is 0.243. The summed E-state index contributed by atoms with van der Waals surface area (Å²) in [7, 11) is 4.12. The Morgan fingerprint density at radius 1 is 1.31 bits per heavy atom. The van der Waals surface area contributed by atoms with Crippen molar-refractivity contribution in [1.29, 1.82) is 0 Å². The molecular formula is C19H27N5O2. The Morgan fingerprint density at radius 3 is 3.08 bits per heavy atom. The van der Waals surface area contributed by atoms with Crippen LogP contribution < -0.4 is 4.74 Å². The lowest BCUT2D eigenvalue weighted by Crippen LogP contribution is -2.47. The van der Waals surface area contributed by atoms with Crippen LogP contribution in [0.1, 0.15) is 23.7 Å². The first kappa shape index (κ1) is 17.5. The molecule has 0 aliphatic carbocycles. The summed E-state index contributed by atoms with van der Waals surface area (Å²) in [6.07, 6.45) is 3.07. The zero-order valence-electron chi connectivity index (χ0n) is 15.5. The minimum Gasteiger partial charge on any atom is -0.492 e. The highest BCUT2D eigenvalue weighted by atomic mass is 16.5. The van der Waals surface area contributed by atoms with Gasteiger partial charge in [0.2, 0.25) is 0 Å². The molecule has 1 fully saturated rings. The van der Waals surface area contributed by atoms with Gasteiger partial charge in [-0.2, -0.15) is 0 Å². The van der Waals surface area contributed by atoms with Crippen molar-refractivity contribution in [2.75, 3.05) is 40.3 Å². The Labute approximate surface area is 154 Å². The van der Waals surface area contributed by atoms with Crippen LogP contribution in [0.2, 0.25) is 0 Å². The van der Waals surface area contributed by atoms with Crippen molar-refractivity contribution in [2.24, 2.45) is 0 Å². The van der Waals surface area contributed by atoms with E-state index < -0.39 is 0 Å². The third kappa shape index (κ3) is 3.75. The second-order valence-electron chi connectivity index (χ2n) is 7.37. The van der Waals surface area contributed by atoms with Gasteiger partial charge in [-0.25, -0.2) is 4.68 Å². The van der Waals surface area contributed by atoms with Gasteiger partial charge in [0, 0.05) is 31.7 Å². The number of piperidine rings is 1. The molecule has 26 heavy (non-hydrogen) atoms. The molecule has 0 unspecified atom stereocenters. The summed E-state index contributed by atoms with van der Waals surface area (Å²) in [5.41, 5.74) is 2.31. The largest absolute Gasteiger partial charge is 0.492 e. The van der Waals surface area contributed by atoms with Gasteiger partial charge in [0.05, 0.1) is 30.6 Å². The van der Waals surface area contributed by atoms with E-state index in [0.717, 1.165) is 44.0 Å². The third-order valence-corrected chi connectivity index (χ3v) is 5.18. The molecule has 1 aromatic carbocycles. The van der Waals surface area contributed by atoms with Crippen LogP contribution in [-0.2, 0) is 17.9 Å². The quantitative estimate of drug-likeness (QED) is 0.782. The van der Waals surface area contributed by atoms with Crippen LogP contribution in [0.5, 0.6) is 5.75 Å². The first-order valence-electron chi connectivity index (χ1n) is 9.29. The molecule has 1 saturated heterocycles. The van der Waals surface area contributed by atoms with Crippen LogP contribution >= 0.6 is 0 Å². The van der Waals surface area contributed by atoms with Gasteiger partial charge in [-0.05, 0) is 26.6 Å². The molecule has 0 saturated carbocycles. The van der Waals surface area contributed by atoms with Gasteiger partial charge >= 0.3 is 0 Å². The topological polar surface area (TPSA) is 55.6 Å². The average molecular weight is 357 g/mol. The third-order valence-electron chi connectivity index (χ3n) is 5.18. The van der Waals surface area contributed by atoms with Crippen molar-refractivity contribution in [1.82, 2.24) is 24.8 Å². The second-order valence-corrected chi connectivity index (χ2v) is 7.37. The smallest absolute Gasteiger partial charge is 0.123 e. The summed E-state index contributed by atoms with van der Waals surface area (Å²) in [6, 6.07) is 8.60. The molecule has 2 aliphatic rings. The number of likely N-dealkylation sites (tertiary alicyclic amines) is 1. The Hall–Kier alpha value is -1.96. The molecule has 1 aromatic heterocycles. The number of benzene rings is 1. The number of hydrogen-bond acceptors (Lipinski definition) is 6. The number of fused-ring (bicyclic) bond motifs is 3. The van der Waals surface area contributed by atoms with E-state index in [2.05, 4.69) is 57.1 Å². The maximum Gasteiger partial charge on any atom is 0.123 e. The number of nitrogens with zero attached hydrogens (tertiary/aromatic N) is 5. The molecule has 2 atom stereocenters. The van der Waals surface area contributed by atoms with Crippen molar-refractivity contribution in [3.8, 4) is 5.75 Å². The van der Waals surface area contributed by atoms with E-state index in [1.165, 1.54) is 5.56 Å². The van der Waals surface area contributed by atoms with Crippen LogP contribution in [0, 0.1) is 0 Å². The molecule has 0 N–H and O–H groups in total. The Bertz CT molecular complexity index is 732. The number of likely N-dealkylation sites (N-methyl/N-ethyl adjacent to an activating group) is 1. The summed E-state index contributed by atoms with van der Waals surface area (Å²) in [4.78, 5) is 4.60. The van der Waals surface area contributed by atoms with Gasteiger partial charge in [-0.15, -0.1) is 5.10 Å². The lowest BCUT2D eigenvalue weighted by atomic mass is 9.99. The second kappa shape index (κ2) is 7.73. The fourth-order valence-corrected chi connectivity index (χ4v) is 3.74. The van der Waals surface area contributed by atoms with Crippen LogP contribution in [-0.4, -0.2) is 71.2 Å². The summed E-state index contributed by atoms with van der Waals surface area (Å²) in [6.45, 7) is 5.06. The van der Waals surface area contributed by atoms with E-state index in [4.69, 9.17) is 9.47 Å². The maximum atomic E-state index is 6.02. The van der Waals surface area contributed by atoms with Gasteiger partial charge in [0.25, 0.3) is 0 Å². The van der Waals surface area contributed by atoms with Crippen LogP contribution in [0.3, 0.4) is 0 Å². The first-order chi connectivity index (χ1) is 12.7. The van der Waals surface area contributed by atoms with Crippen molar-refractivity contribution in [3.63, 3.8) is 0 Å². The number of rotatable bonds is 6. The lowest BCUT2D eigenvalue weighted by Gasteiger charge is -2.41. The molecule has 7 heteroatoms. The predicted molar refractivity (Wildman–Crippen MR) is 98.0 cm³/mol. The molecular weight excluding hydrogens is 330 g/mol. The predicted octanol–water partition coefficient (Wildman–Crippen LogP) is 1.56. The number of hydrogen-bond donors (Lipinski definition) is 0. The van der Waals surface area contributed by atoms with Gasteiger partial charge in [0.1, 0.15) is 12.4 Å². The summed E-state index contributed by atoms with van der Waals surface area (Å²) >= 11 is 0. The maximum absolute atomic E-state index is 6.02. The molecule has 2 aromatic rings. The van der Waals surface area contributed by atoms with Gasteiger partial charge in [0.15, 0.2) is 0 Å². The van der Waals surface area contributed by atoms with E-state index in [1.807, 2.05) is 12.3 Å². The fraction of sp³-hybridized carbons (Fsp3) is 0.579. The molecule has 0 radical (unpaired) electrons. The molecule has 2 aliphatic heterocycles. The molecule has 0 amide bonds. The van der Waals surface area contributed by atoms with E-state index in [1.54, 1.807) is 0 Å². The van der Waals surface area contributed by atoms with E-state index in [0.29, 0.717) is 13.2 Å². The summed E-state index contributed by atoms with van der Waals surface area (Å²) in [5, 5.41) is 8.34. The Kier molecular flexibility index (Phi) is 5.19. The average Bonchev–Trinajstić information content (AvgIpc) is 3.12. The Balaban J connectivity index is 1.42. The number of aromatic nitrogens is 3. The highest BCUT2D eigenvalue weighted by Gasteiger charge is 2.36. The highest BCUT2D eigenvalue weighted by Crippen LogP contribution is 2.31. The van der Waals surface area contributed by atoms with E-state index in [-0.39, 0.29) is 12.1 Å². The summed E-state index contributed by atoms with van der Waals surface area (Å²) < 4.78 is 14.1. The van der Waals surface area contributed by atoms with Crippen molar-refractivity contribution in [2.45, 2.75) is 31.7 Å². The molecule has 0 spiro atoms. The van der Waals surface area contributed by atoms with Crippen LogP contribution in [0.25, 0.3) is 0 Å². The normalized spacial score (nSPS) is 22.9. The SMILES string of the molecule is CN(C)CCOc1ccccc1CN1CC[C@H]2OCc3cnnn3[C@@H]2C1. The molecule has 0 bridgehead atoms. The van der Waals surface area contributed by atoms with Crippen molar-refractivity contribution >= 4 is 0 Å². The number of para-hydroxylation sites is 1. The fourth-order valence-electron chi connectivity index (χ4n) is 3.74. The monoisotopic (exact) mass is 357 g/mol. The minimum atomic E-state index is 0.243. The molecule has 3 heterocycles. The Morgan fingerprint density at radius 2 is 2.19 bits per heavy atom. The van der Waals surface area contributed by atoms with Crippen LogP contribution in [0.15, 0.2) is 30.5 Å². The van der Waals surface area contributed by atoms with Gasteiger partial charge < -0.3 is 14.4 Å². The van der Waals surface area contributed by atoms with Crippen molar-refractivity contribution < 1.29 is 9.47 Å². The molecule has 140 valence electrons. The highest BCUT2D eigenvalue weighted by molar-refractivity contribution is 5.33. The zero-order valence-corrected chi connectivity index (χ0v) is 15.5. The molecule has 4 rings (SSSR count). The lowest BCUT2D eigenvalue weighted by molar-refractivity contribution is -0.0670. The first-order valence-corrected chi connectivity index (χ1v) is 9.29. The van der Waals surface area contributed by atoms with Gasteiger partial charge in [-0.3, -0.25) is 4.90 Å². The van der Waals surface area contributed by atoms with Crippen molar-refractivity contribution in [3.05, 3.63) is 41.7 Å². The van der Waals surface area contributed by atoms with Crippen LogP contribution in [0.4, 0.5) is 0 Å². The molecule has 7 nitrogen and oxygen atoms in total. The standard InChI is InChI=1S/C19H27N5O2/c1-22(2)9-10-25-18-6-4-3-5-15(18)12-23-8-7-19-17(13-23)24-16(14-26-19)11-20-21-24/h3-6,11,17,19H,7-10,12-14H2,1-2H3/t17-,19-/m1/s1. The number of ether oxygens (including phenoxy) is 2.